The molecule has 0 aliphatic carbocycles. The van der Waals surface area contributed by atoms with Crippen molar-refractivity contribution in [2.45, 2.75) is 30.0 Å². The third-order valence-corrected chi connectivity index (χ3v) is 6.51. The summed E-state index contributed by atoms with van der Waals surface area (Å²) in [6.07, 6.45) is 2.97. The van der Waals surface area contributed by atoms with E-state index in [2.05, 4.69) is 4.98 Å². The van der Waals surface area contributed by atoms with E-state index in [9.17, 15) is 8.42 Å². The molecule has 3 rings (SSSR count). The molecule has 1 atom stereocenters. The van der Waals surface area contributed by atoms with Gasteiger partial charge in [0.15, 0.2) is 9.84 Å². The van der Waals surface area contributed by atoms with E-state index in [0.717, 1.165) is 12.0 Å². The van der Waals surface area contributed by atoms with Gasteiger partial charge in [-0.2, -0.15) is 0 Å². The number of aromatic nitrogens is 1. The maximum absolute atomic E-state index is 12.9. The first kappa shape index (κ1) is 17.2. The summed E-state index contributed by atoms with van der Waals surface area (Å²) in [5, 5.41) is -0.163. The van der Waals surface area contributed by atoms with E-state index in [1.165, 1.54) is 6.20 Å². The van der Waals surface area contributed by atoms with Gasteiger partial charge in [-0.25, -0.2) is 13.4 Å². The number of rotatable bonds is 5. The Labute approximate surface area is 147 Å². The quantitative estimate of drug-likeness (QED) is 0.760. The van der Waals surface area contributed by atoms with Crippen LogP contribution >= 0.6 is 11.6 Å². The topological polar surface area (TPSA) is 59.5 Å². The highest BCUT2D eigenvalue weighted by atomic mass is 35.5. The highest BCUT2D eigenvalue weighted by molar-refractivity contribution is 7.92. The molecule has 1 fully saturated rings. The van der Waals surface area contributed by atoms with Crippen molar-refractivity contribution in [1.29, 1.82) is 0 Å². The molecule has 24 heavy (non-hydrogen) atoms. The Morgan fingerprint density at radius 1 is 1.25 bits per heavy atom. The molecule has 5 nitrogen and oxygen atoms in total. The van der Waals surface area contributed by atoms with Crippen LogP contribution in [0.15, 0.2) is 47.5 Å². The van der Waals surface area contributed by atoms with Crippen LogP contribution in [0.1, 0.15) is 18.4 Å². The van der Waals surface area contributed by atoms with Gasteiger partial charge in [-0.1, -0.05) is 29.3 Å². The van der Waals surface area contributed by atoms with Crippen molar-refractivity contribution >= 4 is 21.4 Å². The van der Waals surface area contributed by atoms with Crippen LogP contribution in [0.2, 0.25) is 5.15 Å². The molecule has 0 N–H and O–H groups in total. The molecule has 1 saturated heterocycles. The molecule has 1 aliphatic heterocycles. The number of pyridine rings is 1. The molecule has 0 bridgehead atoms. The number of aryl methyl sites for hydroxylation is 1. The molecule has 0 radical (unpaired) electrons. The van der Waals surface area contributed by atoms with Gasteiger partial charge in [0.25, 0.3) is 0 Å². The van der Waals surface area contributed by atoms with Crippen LogP contribution in [0.5, 0.6) is 5.75 Å². The first-order valence-electron chi connectivity index (χ1n) is 7.76. The highest BCUT2D eigenvalue weighted by Gasteiger charge is 2.36. The molecule has 1 aromatic heterocycles. The Morgan fingerprint density at radius 3 is 2.67 bits per heavy atom. The lowest BCUT2D eigenvalue weighted by atomic mass is 10.2. The molecule has 1 aromatic carbocycles. The zero-order valence-corrected chi connectivity index (χ0v) is 14.9. The summed E-state index contributed by atoms with van der Waals surface area (Å²) in [6.45, 7) is 2.84. The van der Waals surface area contributed by atoms with Gasteiger partial charge in [-0.15, -0.1) is 0 Å². The van der Waals surface area contributed by atoms with E-state index in [1.807, 2.05) is 24.0 Å². The first-order valence-corrected chi connectivity index (χ1v) is 9.68. The minimum Gasteiger partial charge on any atom is -0.476 e. The van der Waals surface area contributed by atoms with Crippen molar-refractivity contribution in [3.63, 3.8) is 0 Å². The second kappa shape index (κ2) is 7.09. The van der Waals surface area contributed by atoms with E-state index in [0.29, 0.717) is 28.8 Å². The Bertz CT molecular complexity index is 792. The van der Waals surface area contributed by atoms with Crippen molar-refractivity contribution in [3.05, 3.63) is 53.3 Å². The number of ether oxygens (including phenoxy) is 1. The molecule has 0 amide bonds. The van der Waals surface area contributed by atoms with Crippen LogP contribution in [-0.2, 0) is 9.84 Å². The molecule has 7 heteroatoms. The van der Waals surface area contributed by atoms with Crippen molar-refractivity contribution in [3.8, 4) is 5.75 Å². The second-order valence-corrected chi connectivity index (χ2v) is 8.35. The maximum Gasteiger partial charge on any atom is 0.194 e. The van der Waals surface area contributed by atoms with Crippen LogP contribution in [0.25, 0.3) is 0 Å². The number of hydrogen-bond donors (Lipinski definition) is 0. The van der Waals surface area contributed by atoms with Crippen LogP contribution in [0.3, 0.4) is 0 Å². The van der Waals surface area contributed by atoms with Gasteiger partial charge in [0.2, 0.25) is 0 Å². The van der Waals surface area contributed by atoms with Gasteiger partial charge in [0, 0.05) is 6.54 Å². The lowest BCUT2D eigenvalue weighted by Crippen LogP contribution is -2.38. The maximum atomic E-state index is 12.9. The summed E-state index contributed by atoms with van der Waals surface area (Å²) in [5.74, 6) is 0.567. The lowest BCUT2D eigenvalue weighted by Gasteiger charge is -2.24. The molecule has 0 spiro atoms. The first-order chi connectivity index (χ1) is 11.5. The number of benzene rings is 1. The molecule has 2 aromatic rings. The average Bonchev–Trinajstić information content (AvgIpc) is 3.04. The monoisotopic (exact) mass is 366 g/mol. The predicted molar refractivity (Wildman–Crippen MR) is 92.8 cm³/mol. The zero-order chi connectivity index (χ0) is 17.2. The van der Waals surface area contributed by atoms with Crippen molar-refractivity contribution in [1.82, 2.24) is 9.88 Å². The van der Waals surface area contributed by atoms with E-state index in [4.69, 9.17) is 16.3 Å². The summed E-state index contributed by atoms with van der Waals surface area (Å²) in [7, 11) is -3.41. The highest BCUT2D eigenvalue weighted by Crippen LogP contribution is 2.28. The number of sulfone groups is 1. The molecular formula is C17H19ClN2O3S. The van der Waals surface area contributed by atoms with Gasteiger partial charge in [0.05, 0.1) is 11.1 Å². The van der Waals surface area contributed by atoms with E-state index < -0.39 is 15.2 Å². The molecular weight excluding hydrogens is 348 g/mol. The van der Waals surface area contributed by atoms with Crippen molar-refractivity contribution < 1.29 is 13.2 Å². The molecule has 2 heterocycles. The lowest BCUT2D eigenvalue weighted by molar-refractivity contribution is 0.138. The third-order valence-electron chi connectivity index (χ3n) is 4.11. The van der Waals surface area contributed by atoms with Gasteiger partial charge < -0.3 is 4.74 Å². The molecule has 128 valence electrons. The average molecular weight is 367 g/mol. The van der Waals surface area contributed by atoms with E-state index in [1.54, 1.807) is 24.3 Å². The molecule has 1 aliphatic rings. The van der Waals surface area contributed by atoms with Gasteiger partial charge >= 0.3 is 0 Å². The number of likely N-dealkylation sites (tertiary alicyclic amines) is 1. The number of nitrogens with zero attached hydrogens (tertiary/aromatic N) is 2. The summed E-state index contributed by atoms with van der Waals surface area (Å²) in [6, 6.07) is 10.3. The minimum atomic E-state index is -3.41. The number of halogens is 1. The van der Waals surface area contributed by atoms with Crippen LogP contribution < -0.4 is 4.74 Å². The van der Waals surface area contributed by atoms with Crippen molar-refractivity contribution in [2.75, 3.05) is 13.3 Å². The Kier molecular flexibility index (Phi) is 5.08. The Morgan fingerprint density at radius 2 is 2.00 bits per heavy atom. The number of hydrogen-bond acceptors (Lipinski definition) is 5. The molecule has 0 saturated carbocycles. The SMILES string of the molecule is Cc1ccc(S(=O)(=O)C2CCCN2COc2ccc(Cl)nc2)cc1. The fourth-order valence-corrected chi connectivity index (χ4v) is 4.76. The predicted octanol–water partition coefficient (Wildman–Crippen LogP) is 3.28. The normalized spacial score (nSPS) is 18.7. The smallest absolute Gasteiger partial charge is 0.194 e. The van der Waals surface area contributed by atoms with E-state index in [-0.39, 0.29) is 6.73 Å². The van der Waals surface area contributed by atoms with Gasteiger partial charge in [-0.3, -0.25) is 4.90 Å². The van der Waals surface area contributed by atoms with E-state index >= 15 is 0 Å². The third kappa shape index (κ3) is 3.71. The van der Waals surface area contributed by atoms with Crippen LogP contribution in [0.4, 0.5) is 0 Å². The van der Waals surface area contributed by atoms with Crippen LogP contribution in [-0.4, -0.2) is 37.0 Å². The largest absolute Gasteiger partial charge is 0.476 e. The summed E-state index contributed by atoms with van der Waals surface area (Å²) < 4.78 is 31.4. The minimum absolute atomic E-state index is 0.207. The Hall–Kier alpha value is -1.63. The summed E-state index contributed by atoms with van der Waals surface area (Å²) in [5.41, 5.74) is 1.04. The standard InChI is InChI=1S/C17H19ClN2O3S/c1-13-4-7-15(8-5-13)24(21,22)17-3-2-10-20(17)12-23-14-6-9-16(18)19-11-14/h4-9,11,17H,2-3,10,12H2,1H3. The zero-order valence-electron chi connectivity index (χ0n) is 13.4. The van der Waals surface area contributed by atoms with Gasteiger partial charge in [0.1, 0.15) is 23.0 Å². The summed E-state index contributed by atoms with van der Waals surface area (Å²) >= 11 is 5.74. The van der Waals surface area contributed by atoms with Gasteiger partial charge in [-0.05, 0) is 44.0 Å². The van der Waals surface area contributed by atoms with Crippen molar-refractivity contribution in [2.24, 2.45) is 0 Å². The van der Waals surface area contributed by atoms with Crippen LogP contribution in [0, 0.1) is 6.92 Å². The summed E-state index contributed by atoms with van der Waals surface area (Å²) in [4.78, 5) is 6.16. The fraction of sp³-hybridized carbons (Fsp3) is 0.353. The fourth-order valence-electron chi connectivity index (χ4n) is 2.78. The Balaban J connectivity index is 1.72. The molecule has 1 unspecified atom stereocenters. The second-order valence-electron chi connectivity index (χ2n) is 5.86.